The van der Waals surface area contributed by atoms with Gasteiger partial charge in [0.05, 0.1) is 5.69 Å². The number of rotatable bonds is 2. The van der Waals surface area contributed by atoms with Crippen LogP contribution in [0.25, 0.3) is 0 Å². The number of carboxylic acids is 1. The zero-order valence-corrected chi connectivity index (χ0v) is 10.5. The fraction of sp³-hybridized carbons (Fsp3) is 0.545. The van der Waals surface area contributed by atoms with E-state index in [9.17, 15) is 4.79 Å². The van der Waals surface area contributed by atoms with Crippen molar-refractivity contribution in [1.82, 2.24) is 4.98 Å². The Balaban J connectivity index is 2.10. The summed E-state index contributed by atoms with van der Waals surface area (Å²) in [6.45, 7) is 2.55. The first-order chi connectivity index (χ1) is 8.16. The van der Waals surface area contributed by atoms with Crippen LogP contribution in [0.4, 0.5) is 5.13 Å². The van der Waals surface area contributed by atoms with Gasteiger partial charge in [0.25, 0.3) is 0 Å². The zero-order chi connectivity index (χ0) is 12.3. The van der Waals surface area contributed by atoms with Crippen molar-refractivity contribution in [3.63, 3.8) is 0 Å². The first kappa shape index (κ1) is 12.0. The van der Waals surface area contributed by atoms with E-state index in [0.29, 0.717) is 15.7 Å². The third-order valence-corrected chi connectivity index (χ3v) is 3.68. The van der Waals surface area contributed by atoms with E-state index in [2.05, 4.69) is 15.3 Å². The lowest BCUT2D eigenvalue weighted by Gasteiger charge is -2.03. The van der Waals surface area contributed by atoms with Crippen molar-refractivity contribution in [1.29, 1.82) is 0 Å². The van der Waals surface area contributed by atoms with Crippen molar-refractivity contribution in [3.05, 3.63) is 10.6 Å². The lowest BCUT2D eigenvalue weighted by Crippen LogP contribution is -2.11. The Bertz CT molecular complexity index is 454. The molecule has 0 bridgehead atoms. The molecule has 17 heavy (non-hydrogen) atoms. The number of carboxylic acid groups (broad SMARTS) is 1. The quantitative estimate of drug-likeness (QED) is 0.849. The Labute approximate surface area is 104 Å². The second-order valence-corrected chi connectivity index (χ2v) is 5.00. The summed E-state index contributed by atoms with van der Waals surface area (Å²) in [4.78, 5) is 19.8. The smallest absolute Gasteiger partial charge is 0.347 e. The molecule has 1 aromatic rings. The molecule has 92 valence electrons. The Hall–Kier alpha value is -1.43. The van der Waals surface area contributed by atoms with Gasteiger partial charge >= 0.3 is 5.97 Å². The largest absolute Gasteiger partial charge is 0.477 e. The molecule has 0 aliphatic carbocycles. The van der Waals surface area contributed by atoms with Crippen LogP contribution in [0.5, 0.6) is 0 Å². The predicted octanol–water partition coefficient (Wildman–Crippen LogP) is 2.53. The number of thiazole rings is 1. The molecule has 1 aliphatic heterocycles. The number of aromatic nitrogens is 1. The van der Waals surface area contributed by atoms with Crippen LogP contribution in [0.1, 0.15) is 41.0 Å². The van der Waals surface area contributed by atoms with Crippen molar-refractivity contribution in [2.24, 2.45) is 4.99 Å². The number of amidine groups is 1. The normalized spacial score (nSPS) is 16.2. The summed E-state index contributed by atoms with van der Waals surface area (Å²) < 4.78 is 0. The standard InChI is InChI=1S/C11H15N3O2S/c1-7-9(10(15)16)17-11(13-7)14-8-5-3-2-4-6-12-8/h2-6H2,1H3,(H,15,16)(H,12,13,14). The van der Waals surface area contributed by atoms with Gasteiger partial charge < -0.3 is 10.4 Å². The molecule has 0 atom stereocenters. The first-order valence-electron chi connectivity index (χ1n) is 5.68. The van der Waals surface area contributed by atoms with Crippen LogP contribution in [0, 0.1) is 6.92 Å². The van der Waals surface area contributed by atoms with Crippen LogP contribution >= 0.6 is 11.3 Å². The molecule has 1 aromatic heterocycles. The van der Waals surface area contributed by atoms with E-state index in [4.69, 9.17) is 5.11 Å². The maximum atomic E-state index is 10.9. The molecule has 5 nitrogen and oxygen atoms in total. The molecule has 0 fully saturated rings. The number of nitrogens with one attached hydrogen (secondary N) is 1. The molecular weight excluding hydrogens is 238 g/mol. The summed E-state index contributed by atoms with van der Waals surface area (Å²) >= 11 is 1.17. The molecule has 0 amide bonds. The van der Waals surface area contributed by atoms with E-state index < -0.39 is 5.97 Å². The van der Waals surface area contributed by atoms with Gasteiger partial charge in [-0.25, -0.2) is 9.78 Å². The van der Waals surface area contributed by atoms with Crippen LogP contribution < -0.4 is 5.32 Å². The van der Waals surface area contributed by atoms with Crippen molar-refractivity contribution in [3.8, 4) is 0 Å². The van der Waals surface area contributed by atoms with E-state index in [1.54, 1.807) is 6.92 Å². The monoisotopic (exact) mass is 253 g/mol. The maximum Gasteiger partial charge on any atom is 0.347 e. The summed E-state index contributed by atoms with van der Waals surface area (Å²) in [7, 11) is 0. The number of hydrogen-bond donors (Lipinski definition) is 2. The molecule has 2 heterocycles. The highest BCUT2D eigenvalue weighted by molar-refractivity contribution is 7.17. The average Bonchev–Trinajstić information content (AvgIpc) is 2.50. The highest BCUT2D eigenvalue weighted by Crippen LogP contribution is 2.23. The minimum absolute atomic E-state index is 0.293. The van der Waals surface area contributed by atoms with Gasteiger partial charge in [-0.15, -0.1) is 0 Å². The van der Waals surface area contributed by atoms with Gasteiger partial charge in [-0.3, -0.25) is 4.99 Å². The second-order valence-electron chi connectivity index (χ2n) is 4.00. The molecule has 6 heteroatoms. The summed E-state index contributed by atoms with van der Waals surface area (Å²) in [6, 6.07) is 0. The average molecular weight is 253 g/mol. The number of aliphatic imine (C=N–C) groups is 1. The zero-order valence-electron chi connectivity index (χ0n) is 9.69. The van der Waals surface area contributed by atoms with Crippen molar-refractivity contribution >= 4 is 28.3 Å². The summed E-state index contributed by atoms with van der Waals surface area (Å²) in [5.74, 6) is 0.00374. The van der Waals surface area contributed by atoms with E-state index in [1.165, 1.54) is 17.8 Å². The van der Waals surface area contributed by atoms with E-state index in [-0.39, 0.29) is 0 Å². The highest BCUT2D eigenvalue weighted by Gasteiger charge is 2.15. The first-order valence-corrected chi connectivity index (χ1v) is 6.49. The number of aromatic carboxylic acids is 1. The molecular formula is C11H15N3O2S. The highest BCUT2D eigenvalue weighted by atomic mass is 32.1. The second kappa shape index (κ2) is 5.27. The minimum Gasteiger partial charge on any atom is -0.477 e. The fourth-order valence-electron chi connectivity index (χ4n) is 1.75. The fourth-order valence-corrected chi connectivity index (χ4v) is 2.57. The van der Waals surface area contributed by atoms with Gasteiger partial charge in [0.2, 0.25) is 0 Å². The van der Waals surface area contributed by atoms with Crippen LogP contribution in [0.15, 0.2) is 4.99 Å². The van der Waals surface area contributed by atoms with Crippen LogP contribution in [0.3, 0.4) is 0 Å². The van der Waals surface area contributed by atoms with Crippen LogP contribution in [0.2, 0.25) is 0 Å². The van der Waals surface area contributed by atoms with Gasteiger partial charge in [-0.05, 0) is 19.8 Å². The lowest BCUT2D eigenvalue weighted by molar-refractivity contribution is 0.0701. The van der Waals surface area contributed by atoms with E-state index in [0.717, 1.165) is 31.6 Å². The lowest BCUT2D eigenvalue weighted by atomic mass is 10.2. The van der Waals surface area contributed by atoms with Gasteiger partial charge in [0, 0.05) is 13.0 Å². The number of nitrogens with zero attached hydrogens (tertiary/aromatic N) is 2. The number of carbonyl (C=O) groups is 1. The van der Waals surface area contributed by atoms with E-state index >= 15 is 0 Å². The Kier molecular flexibility index (Phi) is 3.73. The Morgan fingerprint density at radius 2 is 2.24 bits per heavy atom. The molecule has 0 saturated carbocycles. The van der Waals surface area contributed by atoms with Gasteiger partial charge in [0.1, 0.15) is 10.7 Å². The summed E-state index contributed by atoms with van der Waals surface area (Å²) in [5.41, 5.74) is 0.555. The van der Waals surface area contributed by atoms with Crippen molar-refractivity contribution in [2.45, 2.75) is 32.6 Å². The molecule has 2 N–H and O–H groups in total. The topological polar surface area (TPSA) is 74.6 Å². The van der Waals surface area contributed by atoms with Crippen molar-refractivity contribution < 1.29 is 9.90 Å². The molecule has 1 aliphatic rings. The molecule has 0 spiro atoms. The number of anilines is 1. The van der Waals surface area contributed by atoms with Crippen molar-refractivity contribution in [2.75, 3.05) is 11.9 Å². The number of aryl methyl sites for hydroxylation is 1. The van der Waals surface area contributed by atoms with Gasteiger partial charge in [0.15, 0.2) is 5.13 Å². The number of hydrogen-bond acceptors (Lipinski definition) is 5. The molecule has 0 radical (unpaired) electrons. The SMILES string of the molecule is Cc1nc(NC2=NCCCCC2)sc1C(=O)O. The van der Waals surface area contributed by atoms with Gasteiger partial charge in [-0.2, -0.15) is 0 Å². The molecule has 0 unspecified atom stereocenters. The van der Waals surface area contributed by atoms with E-state index in [1.807, 2.05) is 0 Å². The van der Waals surface area contributed by atoms with Crippen LogP contribution in [-0.4, -0.2) is 28.4 Å². The predicted molar refractivity (Wildman–Crippen MR) is 68.2 cm³/mol. The molecule has 0 aromatic carbocycles. The summed E-state index contributed by atoms with van der Waals surface area (Å²) in [6.07, 6.45) is 4.37. The Morgan fingerprint density at radius 3 is 2.94 bits per heavy atom. The third kappa shape index (κ3) is 3.03. The minimum atomic E-state index is -0.921. The maximum absolute atomic E-state index is 10.9. The molecule has 0 saturated heterocycles. The van der Waals surface area contributed by atoms with Crippen LogP contribution in [-0.2, 0) is 0 Å². The summed E-state index contributed by atoms with van der Waals surface area (Å²) in [5, 5.41) is 12.7. The Morgan fingerprint density at radius 1 is 1.41 bits per heavy atom. The van der Waals surface area contributed by atoms with Gasteiger partial charge in [-0.1, -0.05) is 17.8 Å². The third-order valence-electron chi connectivity index (χ3n) is 2.62. The molecule has 2 rings (SSSR count).